The molecule has 0 aliphatic rings. The van der Waals surface area contributed by atoms with Crippen molar-refractivity contribution in [3.8, 4) is 0 Å². The summed E-state index contributed by atoms with van der Waals surface area (Å²) in [5, 5.41) is 2.72. The van der Waals surface area contributed by atoms with Crippen LogP contribution in [0, 0.1) is 6.92 Å². The molecular formula is C12H15N5O2S. The van der Waals surface area contributed by atoms with Crippen LogP contribution in [0.1, 0.15) is 11.3 Å². The first-order valence-corrected chi connectivity index (χ1v) is 7.40. The van der Waals surface area contributed by atoms with Gasteiger partial charge in [-0.15, -0.1) is 0 Å². The molecule has 2 N–H and O–H groups in total. The second kappa shape index (κ2) is 5.93. The summed E-state index contributed by atoms with van der Waals surface area (Å²) >= 11 is 0. The molecule has 2 aromatic rings. The van der Waals surface area contributed by atoms with E-state index >= 15 is 0 Å². The zero-order valence-electron chi connectivity index (χ0n) is 11.2. The predicted octanol–water partition coefficient (Wildman–Crippen LogP) is 0.700. The van der Waals surface area contributed by atoms with Crippen LogP contribution in [0.5, 0.6) is 0 Å². The maximum atomic E-state index is 12.0. The van der Waals surface area contributed by atoms with Crippen molar-refractivity contribution in [2.75, 3.05) is 12.4 Å². The molecule has 0 amide bonds. The van der Waals surface area contributed by atoms with E-state index in [0.717, 1.165) is 11.3 Å². The van der Waals surface area contributed by atoms with Crippen molar-refractivity contribution >= 4 is 16.0 Å². The van der Waals surface area contributed by atoms with Gasteiger partial charge >= 0.3 is 0 Å². The molecular weight excluding hydrogens is 278 g/mol. The lowest BCUT2D eigenvalue weighted by Crippen LogP contribution is -2.23. The lowest BCUT2D eigenvalue weighted by Gasteiger charge is -2.06. The van der Waals surface area contributed by atoms with Gasteiger partial charge in [0.2, 0.25) is 16.0 Å². The van der Waals surface area contributed by atoms with E-state index < -0.39 is 10.0 Å². The number of aromatic nitrogens is 3. The van der Waals surface area contributed by atoms with E-state index in [2.05, 4.69) is 25.0 Å². The smallest absolute Gasteiger partial charge is 0.243 e. The number of hydrogen-bond donors (Lipinski definition) is 2. The average molecular weight is 293 g/mol. The van der Waals surface area contributed by atoms with Crippen molar-refractivity contribution in [3.63, 3.8) is 0 Å². The van der Waals surface area contributed by atoms with Gasteiger partial charge in [0.1, 0.15) is 4.90 Å². The number of pyridine rings is 1. The molecule has 0 saturated carbocycles. The molecule has 0 aliphatic carbocycles. The van der Waals surface area contributed by atoms with Crippen LogP contribution in [-0.2, 0) is 16.6 Å². The van der Waals surface area contributed by atoms with Gasteiger partial charge in [-0.2, -0.15) is 0 Å². The Labute approximate surface area is 117 Å². The summed E-state index contributed by atoms with van der Waals surface area (Å²) in [6.45, 7) is 2.04. The van der Waals surface area contributed by atoms with Crippen molar-refractivity contribution < 1.29 is 8.42 Å². The number of nitrogens with zero attached hydrogens (tertiary/aromatic N) is 3. The Kier molecular flexibility index (Phi) is 4.26. The van der Waals surface area contributed by atoms with Gasteiger partial charge in [-0.1, -0.05) is 6.07 Å². The molecule has 0 aliphatic heterocycles. The summed E-state index contributed by atoms with van der Waals surface area (Å²) in [7, 11) is -1.97. The highest BCUT2D eigenvalue weighted by atomic mass is 32.2. The van der Waals surface area contributed by atoms with Crippen molar-refractivity contribution in [2.24, 2.45) is 0 Å². The summed E-state index contributed by atoms with van der Waals surface area (Å²) in [4.78, 5) is 11.9. The van der Waals surface area contributed by atoms with Crippen LogP contribution < -0.4 is 10.0 Å². The third-order valence-corrected chi connectivity index (χ3v) is 3.96. The van der Waals surface area contributed by atoms with E-state index in [4.69, 9.17) is 0 Å². The number of nitrogens with one attached hydrogen (secondary N) is 2. The Morgan fingerprint density at radius 3 is 2.35 bits per heavy atom. The summed E-state index contributed by atoms with van der Waals surface area (Å²) < 4.78 is 26.6. The Morgan fingerprint density at radius 1 is 1.10 bits per heavy atom. The highest BCUT2D eigenvalue weighted by Crippen LogP contribution is 2.08. The Balaban J connectivity index is 2.08. The zero-order valence-corrected chi connectivity index (χ0v) is 12.0. The molecule has 0 saturated heterocycles. The predicted molar refractivity (Wildman–Crippen MR) is 74.6 cm³/mol. The maximum Gasteiger partial charge on any atom is 0.243 e. The number of anilines is 1. The van der Waals surface area contributed by atoms with Gasteiger partial charge in [0.15, 0.2) is 0 Å². The minimum atomic E-state index is -3.62. The third-order valence-electron chi connectivity index (χ3n) is 2.60. The molecule has 0 spiro atoms. The normalized spacial score (nSPS) is 11.3. The lowest BCUT2D eigenvalue weighted by molar-refractivity contribution is 0.580. The van der Waals surface area contributed by atoms with Crippen LogP contribution in [0.25, 0.3) is 0 Å². The van der Waals surface area contributed by atoms with Gasteiger partial charge in [-0.3, -0.25) is 4.98 Å². The van der Waals surface area contributed by atoms with Crippen molar-refractivity contribution in [2.45, 2.75) is 18.4 Å². The summed E-state index contributed by atoms with van der Waals surface area (Å²) in [5.41, 5.74) is 1.67. The van der Waals surface area contributed by atoms with Crippen molar-refractivity contribution in [1.82, 2.24) is 19.7 Å². The quantitative estimate of drug-likeness (QED) is 0.842. The fraction of sp³-hybridized carbons (Fsp3) is 0.250. The lowest BCUT2D eigenvalue weighted by atomic mass is 10.2. The van der Waals surface area contributed by atoms with E-state index in [1.54, 1.807) is 13.2 Å². The molecule has 0 radical (unpaired) electrons. The topological polar surface area (TPSA) is 96.9 Å². The van der Waals surface area contributed by atoms with Gasteiger partial charge in [-0.05, 0) is 18.6 Å². The molecule has 2 heterocycles. The molecule has 0 unspecified atom stereocenters. The fourth-order valence-corrected chi connectivity index (χ4v) is 2.36. The molecule has 0 aromatic carbocycles. The maximum absolute atomic E-state index is 12.0. The van der Waals surface area contributed by atoms with Gasteiger partial charge in [0.25, 0.3) is 0 Å². The Bertz CT molecular complexity index is 668. The van der Waals surface area contributed by atoms with Gasteiger partial charge < -0.3 is 5.32 Å². The zero-order chi connectivity index (χ0) is 14.6. The Morgan fingerprint density at radius 2 is 1.80 bits per heavy atom. The van der Waals surface area contributed by atoms with E-state index in [1.807, 2.05) is 19.1 Å². The standard InChI is InChI=1S/C12H15N5O2S/c1-9-3-4-10(5-14-9)6-17-20(18,19)11-7-15-12(13-2)16-8-11/h3-5,7-8,17H,6H2,1-2H3,(H,13,15,16). The molecule has 2 rings (SSSR count). The van der Waals surface area contributed by atoms with Crippen LogP contribution in [0.15, 0.2) is 35.6 Å². The van der Waals surface area contributed by atoms with Crippen LogP contribution in [-0.4, -0.2) is 30.4 Å². The van der Waals surface area contributed by atoms with Crippen LogP contribution >= 0.6 is 0 Å². The molecule has 0 bridgehead atoms. The minimum Gasteiger partial charge on any atom is -0.357 e. The van der Waals surface area contributed by atoms with Crippen LogP contribution in [0.4, 0.5) is 5.95 Å². The second-order valence-electron chi connectivity index (χ2n) is 4.12. The second-order valence-corrected chi connectivity index (χ2v) is 5.89. The van der Waals surface area contributed by atoms with Gasteiger partial charge in [-0.25, -0.2) is 23.1 Å². The fourth-order valence-electron chi connectivity index (χ4n) is 1.45. The number of rotatable bonds is 5. The van der Waals surface area contributed by atoms with Crippen LogP contribution in [0.2, 0.25) is 0 Å². The summed E-state index contributed by atoms with van der Waals surface area (Å²) in [5.74, 6) is 0.367. The van der Waals surface area contributed by atoms with Gasteiger partial charge in [0.05, 0.1) is 12.4 Å². The van der Waals surface area contributed by atoms with Crippen molar-refractivity contribution in [3.05, 3.63) is 42.0 Å². The molecule has 7 nitrogen and oxygen atoms in total. The first kappa shape index (κ1) is 14.4. The highest BCUT2D eigenvalue weighted by Gasteiger charge is 2.14. The third kappa shape index (κ3) is 3.49. The number of sulfonamides is 1. The van der Waals surface area contributed by atoms with Gasteiger partial charge in [0, 0.05) is 25.5 Å². The number of aryl methyl sites for hydroxylation is 1. The molecule has 0 atom stereocenters. The largest absolute Gasteiger partial charge is 0.357 e. The highest BCUT2D eigenvalue weighted by molar-refractivity contribution is 7.89. The molecule has 8 heteroatoms. The van der Waals surface area contributed by atoms with Crippen LogP contribution in [0.3, 0.4) is 0 Å². The summed E-state index contributed by atoms with van der Waals surface area (Å²) in [6.07, 6.45) is 4.15. The van der Waals surface area contributed by atoms with Crippen molar-refractivity contribution in [1.29, 1.82) is 0 Å². The van der Waals surface area contributed by atoms with E-state index in [-0.39, 0.29) is 11.4 Å². The van der Waals surface area contributed by atoms with E-state index in [9.17, 15) is 8.42 Å². The first-order valence-electron chi connectivity index (χ1n) is 5.92. The monoisotopic (exact) mass is 293 g/mol. The molecule has 2 aromatic heterocycles. The minimum absolute atomic E-state index is 0.0246. The van der Waals surface area contributed by atoms with E-state index in [0.29, 0.717) is 5.95 Å². The summed E-state index contributed by atoms with van der Waals surface area (Å²) in [6, 6.07) is 3.65. The molecule has 106 valence electrons. The number of hydrogen-bond acceptors (Lipinski definition) is 6. The average Bonchev–Trinajstić information content (AvgIpc) is 2.47. The van der Waals surface area contributed by atoms with E-state index in [1.165, 1.54) is 12.4 Å². The SMILES string of the molecule is CNc1ncc(S(=O)(=O)NCc2ccc(C)nc2)cn1. The molecule has 0 fully saturated rings. The molecule has 20 heavy (non-hydrogen) atoms. The Hall–Kier alpha value is -2.06. The first-order chi connectivity index (χ1) is 9.51.